The van der Waals surface area contributed by atoms with Crippen LogP contribution in [0, 0.1) is 0 Å². The summed E-state index contributed by atoms with van der Waals surface area (Å²) in [6, 6.07) is 0. The molecule has 0 bridgehead atoms. The summed E-state index contributed by atoms with van der Waals surface area (Å²) in [5.41, 5.74) is 0. The first kappa shape index (κ1) is 7.21. The Kier molecular flexibility index (Phi) is 2.01. The summed E-state index contributed by atoms with van der Waals surface area (Å²) in [5.74, 6) is 0. The fourth-order valence-electron chi connectivity index (χ4n) is 0.620. The Morgan fingerprint density at radius 1 is 1.90 bits per heavy atom. The molecule has 1 aromatic rings. The van der Waals surface area contributed by atoms with Crippen LogP contribution in [0.1, 0.15) is 0 Å². The fraction of sp³-hybridized carbons (Fsp3) is 0.167. The van der Waals surface area contributed by atoms with Gasteiger partial charge >= 0.3 is 0 Å². The molecule has 0 aliphatic heterocycles. The van der Waals surface area contributed by atoms with Crippen molar-refractivity contribution in [3.05, 3.63) is 24.4 Å². The highest BCUT2D eigenvalue weighted by atomic mass is 32.2. The van der Waals surface area contributed by atoms with E-state index in [-0.39, 0.29) is 0 Å². The zero-order chi connectivity index (χ0) is 7.56. The summed E-state index contributed by atoms with van der Waals surface area (Å²) in [6.45, 7) is 3.40. The van der Waals surface area contributed by atoms with Gasteiger partial charge in [-0.2, -0.15) is 0 Å². The van der Waals surface area contributed by atoms with Crippen LogP contribution in [0.25, 0.3) is 0 Å². The summed E-state index contributed by atoms with van der Waals surface area (Å²) in [6.07, 6.45) is 3.35. The third kappa shape index (κ3) is 1.16. The molecule has 1 heterocycles. The van der Waals surface area contributed by atoms with E-state index in [1.807, 2.05) is 0 Å². The van der Waals surface area contributed by atoms with Gasteiger partial charge in [0, 0.05) is 24.8 Å². The Morgan fingerprint density at radius 3 is 3.00 bits per heavy atom. The van der Waals surface area contributed by atoms with Crippen LogP contribution in [0.3, 0.4) is 0 Å². The average molecular weight is 156 g/mol. The van der Waals surface area contributed by atoms with Crippen LogP contribution in [0.15, 0.2) is 29.5 Å². The van der Waals surface area contributed by atoms with E-state index in [1.54, 1.807) is 24.0 Å². The number of nitrogens with zero attached hydrogens (tertiary/aromatic N) is 2. The van der Waals surface area contributed by atoms with Crippen molar-refractivity contribution in [1.29, 1.82) is 0 Å². The standard InChI is InChI=1S/C6H8N2OS/c1-3-10(9)6-7-4-5-8(6)2/h3-5H,1H2,2H3. The Labute approximate surface area is 61.8 Å². The van der Waals surface area contributed by atoms with Gasteiger partial charge in [-0.05, 0) is 0 Å². The normalized spacial score (nSPS) is 12.9. The molecule has 1 aromatic heterocycles. The third-order valence-electron chi connectivity index (χ3n) is 1.11. The summed E-state index contributed by atoms with van der Waals surface area (Å²) in [4.78, 5) is 3.88. The molecule has 0 aliphatic rings. The van der Waals surface area contributed by atoms with E-state index in [0.717, 1.165) is 0 Å². The van der Waals surface area contributed by atoms with Crippen molar-refractivity contribution in [3.8, 4) is 0 Å². The van der Waals surface area contributed by atoms with Crippen molar-refractivity contribution in [2.45, 2.75) is 5.16 Å². The van der Waals surface area contributed by atoms with E-state index in [0.29, 0.717) is 5.16 Å². The predicted octanol–water partition coefficient (Wildman–Crippen LogP) is 0.671. The zero-order valence-corrected chi connectivity index (χ0v) is 6.47. The monoisotopic (exact) mass is 156 g/mol. The van der Waals surface area contributed by atoms with E-state index >= 15 is 0 Å². The van der Waals surface area contributed by atoms with Crippen molar-refractivity contribution in [1.82, 2.24) is 9.55 Å². The minimum atomic E-state index is -1.16. The highest BCUT2D eigenvalue weighted by molar-refractivity contribution is 7.87. The van der Waals surface area contributed by atoms with Crippen molar-refractivity contribution in [2.24, 2.45) is 7.05 Å². The second-order valence-corrected chi connectivity index (χ2v) is 3.08. The molecule has 0 radical (unpaired) electrons. The molecular weight excluding hydrogens is 148 g/mol. The van der Waals surface area contributed by atoms with Gasteiger partial charge in [-0.25, -0.2) is 9.19 Å². The van der Waals surface area contributed by atoms with Crippen molar-refractivity contribution in [2.75, 3.05) is 0 Å². The maximum Gasteiger partial charge on any atom is 0.203 e. The zero-order valence-electron chi connectivity index (χ0n) is 5.65. The molecule has 1 rings (SSSR count). The fourth-order valence-corrected chi connectivity index (χ4v) is 1.28. The lowest BCUT2D eigenvalue weighted by Crippen LogP contribution is -1.96. The van der Waals surface area contributed by atoms with Gasteiger partial charge in [0.15, 0.2) is 0 Å². The number of imidazole rings is 1. The lowest BCUT2D eigenvalue weighted by atomic mass is 10.9. The largest absolute Gasteiger partial charge is 0.327 e. The Balaban J connectivity index is 3.04. The molecule has 0 aromatic carbocycles. The first-order chi connectivity index (χ1) is 4.75. The molecular formula is C6H8N2OS. The van der Waals surface area contributed by atoms with Gasteiger partial charge in [-0.15, -0.1) is 0 Å². The maximum atomic E-state index is 11.0. The minimum Gasteiger partial charge on any atom is -0.327 e. The molecule has 3 nitrogen and oxygen atoms in total. The Morgan fingerprint density at radius 2 is 2.60 bits per heavy atom. The van der Waals surface area contributed by atoms with Gasteiger partial charge in [0.05, 0.1) is 0 Å². The minimum absolute atomic E-state index is 0.537. The molecule has 1 unspecified atom stereocenters. The van der Waals surface area contributed by atoms with Gasteiger partial charge < -0.3 is 4.57 Å². The third-order valence-corrected chi connectivity index (χ3v) is 2.16. The van der Waals surface area contributed by atoms with E-state index in [2.05, 4.69) is 11.6 Å². The van der Waals surface area contributed by atoms with Crippen LogP contribution >= 0.6 is 0 Å². The summed E-state index contributed by atoms with van der Waals surface area (Å²) >= 11 is 0. The summed E-state index contributed by atoms with van der Waals surface area (Å²) < 4.78 is 12.7. The van der Waals surface area contributed by atoms with Gasteiger partial charge in [0.25, 0.3) is 0 Å². The predicted molar refractivity (Wildman–Crippen MR) is 39.8 cm³/mol. The van der Waals surface area contributed by atoms with E-state index in [4.69, 9.17) is 0 Å². The first-order valence-corrected chi connectivity index (χ1v) is 3.97. The molecule has 0 N–H and O–H groups in total. The van der Waals surface area contributed by atoms with Crippen LogP contribution in [-0.2, 0) is 17.8 Å². The van der Waals surface area contributed by atoms with Gasteiger partial charge in [0.1, 0.15) is 10.8 Å². The Bertz CT molecular complexity index is 266. The van der Waals surface area contributed by atoms with Crippen LogP contribution in [0.5, 0.6) is 0 Å². The summed E-state index contributed by atoms with van der Waals surface area (Å²) in [7, 11) is 0.640. The molecule has 0 aliphatic carbocycles. The second-order valence-electron chi connectivity index (χ2n) is 1.78. The molecule has 0 spiro atoms. The molecule has 0 fully saturated rings. The molecule has 4 heteroatoms. The van der Waals surface area contributed by atoms with Crippen LogP contribution in [0.2, 0.25) is 0 Å². The van der Waals surface area contributed by atoms with E-state index < -0.39 is 10.8 Å². The van der Waals surface area contributed by atoms with Crippen LogP contribution in [-0.4, -0.2) is 13.8 Å². The number of hydrogen-bond acceptors (Lipinski definition) is 2. The SMILES string of the molecule is C=CS(=O)c1nccn1C. The average Bonchev–Trinajstić information content (AvgIpc) is 2.34. The Hall–Kier alpha value is -0.900. The van der Waals surface area contributed by atoms with E-state index in [9.17, 15) is 4.21 Å². The first-order valence-electron chi connectivity index (χ1n) is 2.76. The van der Waals surface area contributed by atoms with Gasteiger partial charge in [-0.3, -0.25) is 0 Å². The van der Waals surface area contributed by atoms with Crippen LogP contribution < -0.4 is 0 Å². The molecule has 10 heavy (non-hydrogen) atoms. The van der Waals surface area contributed by atoms with Gasteiger partial charge in [-0.1, -0.05) is 6.58 Å². The van der Waals surface area contributed by atoms with E-state index in [1.165, 1.54) is 5.41 Å². The topological polar surface area (TPSA) is 34.9 Å². The number of hydrogen-bond donors (Lipinski definition) is 0. The van der Waals surface area contributed by atoms with Crippen molar-refractivity contribution < 1.29 is 4.21 Å². The smallest absolute Gasteiger partial charge is 0.203 e. The number of aryl methyl sites for hydroxylation is 1. The highest BCUT2D eigenvalue weighted by Crippen LogP contribution is 2.01. The second kappa shape index (κ2) is 2.79. The van der Waals surface area contributed by atoms with Crippen LogP contribution in [0.4, 0.5) is 0 Å². The number of aromatic nitrogens is 2. The number of rotatable bonds is 2. The maximum absolute atomic E-state index is 11.0. The summed E-state index contributed by atoms with van der Waals surface area (Å²) in [5, 5.41) is 1.90. The quantitative estimate of drug-likeness (QED) is 0.630. The van der Waals surface area contributed by atoms with Gasteiger partial charge in [0.2, 0.25) is 5.16 Å². The molecule has 0 saturated carbocycles. The lowest BCUT2D eigenvalue weighted by molar-refractivity contribution is 0.671. The van der Waals surface area contributed by atoms with Crippen molar-refractivity contribution in [3.63, 3.8) is 0 Å². The molecule has 1 atom stereocenters. The molecule has 0 amide bonds. The highest BCUT2D eigenvalue weighted by Gasteiger charge is 2.02. The van der Waals surface area contributed by atoms with Crippen molar-refractivity contribution >= 4 is 10.8 Å². The molecule has 0 saturated heterocycles. The molecule has 54 valence electrons. The lowest BCUT2D eigenvalue weighted by Gasteiger charge is -1.93.